The molecular weight excluding hydrogens is 757 g/mol. The maximum atomic E-state index is 5.12. The molecule has 6 heteroatoms. The number of aliphatic imine (C=N–C) groups is 2. The Morgan fingerprint density at radius 3 is 1.41 bits per heavy atom. The predicted molar refractivity (Wildman–Crippen MR) is 252 cm³/mol. The normalized spacial score (nSPS) is 18.9. The number of rotatable bonds is 6. The summed E-state index contributed by atoms with van der Waals surface area (Å²) in [6, 6.07) is 49.3. The lowest BCUT2D eigenvalue weighted by Crippen LogP contribution is -2.36. The summed E-state index contributed by atoms with van der Waals surface area (Å²) in [5, 5.41) is 4.46. The number of thioether (sulfide) groups is 2. The van der Waals surface area contributed by atoms with E-state index in [1.54, 1.807) is 0 Å². The van der Waals surface area contributed by atoms with Gasteiger partial charge in [0.2, 0.25) is 0 Å². The number of nitrogens with zero attached hydrogens (tertiary/aromatic N) is 4. The topological polar surface area (TPSA) is 50.5 Å². The van der Waals surface area contributed by atoms with E-state index in [9.17, 15) is 0 Å². The van der Waals surface area contributed by atoms with Gasteiger partial charge in [-0.15, -0.1) is 0 Å². The highest BCUT2D eigenvalue weighted by Gasteiger charge is 2.48. The van der Waals surface area contributed by atoms with Crippen molar-refractivity contribution in [1.29, 1.82) is 0 Å². The Labute approximate surface area is 356 Å². The van der Waals surface area contributed by atoms with Crippen molar-refractivity contribution in [2.45, 2.75) is 81.4 Å². The standard InChI is InChI=1S/C53H48N4S2/c1-49(2)51(5,6)58-47(56-49)44-27-24-34(31-54-44)33-23-26-40-42(29-33)53(36-17-11-9-12-18-36,37-19-13-10-14-20-37)43-30-41(38-21-15-16-22-39(38)46(40)43)35-25-28-45(55-32-35)48-57-50(3,4)52(7,8)59-48/h9-32H,1-8H3. The van der Waals surface area contributed by atoms with Gasteiger partial charge in [-0.3, -0.25) is 20.0 Å². The molecule has 59 heavy (non-hydrogen) atoms. The number of aromatic nitrogens is 2. The number of hydrogen-bond acceptors (Lipinski definition) is 6. The summed E-state index contributed by atoms with van der Waals surface area (Å²) in [7, 11) is 0. The summed E-state index contributed by atoms with van der Waals surface area (Å²) in [5.41, 5.74) is 12.9. The third-order valence-corrected chi connectivity index (χ3v) is 16.6. The van der Waals surface area contributed by atoms with Gasteiger partial charge >= 0.3 is 0 Å². The highest BCUT2D eigenvalue weighted by Crippen LogP contribution is 2.59. The summed E-state index contributed by atoms with van der Waals surface area (Å²) in [5.74, 6) is 0. The molecule has 0 N–H and O–H groups in total. The van der Waals surface area contributed by atoms with Gasteiger partial charge in [-0.1, -0.05) is 133 Å². The first-order chi connectivity index (χ1) is 28.2. The van der Waals surface area contributed by atoms with Crippen LogP contribution < -0.4 is 0 Å². The number of pyridine rings is 2. The van der Waals surface area contributed by atoms with E-state index in [1.807, 2.05) is 35.9 Å². The smallest absolute Gasteiger partial charge is 0.117 e. The van der Waals surface area contributed by atoms with E-state index in [-0.39, 0.29) is 20.6 Å². The Bertz CT molecular complexity index is 2810. The third-order valence-electron chi connectivity index (χ3n) is 13.6. The first kappa shape index (κ1) is 37.9. The molecule has 0 unspecified atom stereocenters. The third kappa shape index (κ3) is 5.81. The lowest BCUT2D eigenvalue weighted by atomic mass is 9.67. The lowest BCUT2D eigenvalue weighted by molar-refractivity contribution is 0.426. The highest BCUT2D eigenvalue weighted by molar-refractivity contribution is 8.16. The van der Waals surface area contributed by atoms with Crippen molar-refractivity contribution in [3.05, 3.63) is 179 Å². The molecule has 0 saturated carbocycles. The molecule has 0 amide bonds. The highest BCUT2D eigenvalue weighted by atomic mass is 32.2. The molecule has 0 atom stereocenters. The van der Waals surface area contributed by atoms with Crippen LogP contribution in [-0.4, -0.2) is 40.6 Å². The number of fused-ring (bicyclic) bond motifs is 5. The average molecular weight is 805 g/mol. The molecule has 5 aromatic carbocycles. The second kappa shape index (κ2) is 13.4. The molecule has 10 rings (SSSR count). The first-order valence-electron chi connectivity index (χ1n) is 20.5. The van der Waals surface area contributed by atoms with E-state index in [1.165, 1.54) is 49.7 Å². The molecular formula is C53H48N4S2. The summed E-state index contributed by atoms with van der Waals surface area (Å²) < 4.78 is -0.0105. The fraction of sp³-hybridized carbons (Fsp3) is 0.245. The Hall–Kier alpha value is -5.30. The Kier molecular flexibility index (Phi) is 8.59. The van der Waals surface area contributed by atoms with Crippen molar-refractivity contribution in [2.24, 2.45) is 9.98 Å². The zero-order valence-corrected chi connectivity index (χ0v) is 36.6. The number of benzene rings is 5. The van der Waals surface area contributed by atoms with Crippen molar-refractivity contribution < 1.29 is 0 Å². The molecule has 7 aromatic rings. The van der Waals surface area contributed by atoms with Crippen LogP contribution in [0.15, 0.2) is 156 Å². The molecule has 0 bridgehead atoms. The molecule has 0 fully saturated rings. The molecule has 292 valence electrons. The van der Waals surface area contributed by atoms with Gasteiger partial charge in [0.15, 0.2) is 0 Å². The molecule has 3 aliphatic rings. The maximum Gasteiger partial charge on any atom is 0.117 e. The maximum absolute atomic E-state index is 5.12. The van der Waals surface area contributed by atoms with Crippen LogP contribution in [0.2, 0.25) is 0 Å². The molecule has 0 spiro atoms. The van der Waals surface area contributed by atoms with E-state index >= 15 is 0 Å². The van der Waals surface area contributed by atoms with Crippen LogP contribution in [0.1, 0.15) is 89.0 Å². The lowest BCUT2D eigenvalue weighted by Gasteiger charge is -2.34. The fourth-order valence-electron chi connectivity index (χ4n) is 8.91. The van der Waals surface area contributed by atoms with Crippen LogP contribution in [-0.2, 0) is 5.41 Å². The Morgan fingerprint density at radius 2 is 0.915 bits per heavy atom. The van der Waals surface area contributed by atoms with Crippen molar-refractivity contribution in [3.8, 4) is 33.4 Å². The van der Waals surface area contributed by atoms with E-state index in [4.69, 9.17) is 20.0 Å². The van der Waals surface area contributed by atoms with Crippen LogP contribution in [0, 0.1) is 0 Å². The zero-order chi connectivity index (χ0) is 41.0. The molecule has 0 saturated heterocycles. The minimum absolute atomic E-state index is 0.00130. The van der Waals surface area contributed by atoms with Crippen LogP contribution in [0.25, 0.3) is 44.2 Å². The van der Waals surface area contributed by atoms with Crippen molar-refractivity contribution in [1.82, 2.24) is 9.97 Å². The van der Waals surface area contributed by atoms with Gasteiger partial charge in [0.05, 0.1) is 27.9 Å². The monoisotopic (exact) mass is 804 g/mol. The summed E-state index contributed by atoms with van der Waals surface area (Å²) in [4.78, 5) is 20.3. The molecule has 1 aliphatic carbocycles. The van der Waals surface area contributed by atoms with Gasteiger partial charge in [-0.2, -0.15) is 0 Å². The van der Waals surface area contributed by atoms with Crippen molar-refractivity contribution in [3.63, 3.8) is 0 Å². The van der Waals surface area contributed by atoms with Gasteiger partial charge in [0, 0.05) is 33.0 Å². The largest absolute Gasteiger partial charge is 0.269 e. The van der Waals surface area contributed by atoms with E-state index in [2.05, 4.69) is 189 Å². The van der Waals surface area contributed by atoms with Crippen LogP contribution in [0.4, 0.5) is 0 Å². The fourth-order valence-corrected chi connectivity index (χ4v) is 11.5. The summed E-state index contributed by atoms with van der Waals surface area (Å²) >= 11 is 3.64. The van der Waals surface area contributed by atoms with E-state index < -0.39 is 5.41 Å². The quantitative estimate of drug-likeness (QED) is 0.168. The number of hydrogen-bond donors (Lipinski definition) is 0. The van der Waals surface area contributed by atoms with Crippen LogP contribution >= 0.6 is 23.5 Å². The molecule has 2 aromatic heterocycles. The molecule has 0 radical (unpaired) electrons. The first-order valence-corrected chi connectivity index (χ1v) is 22.2. The van der Waals surface area contributed by atoms with Gasteiger partial charge in [0.25, 0.3) is 0 Å². The minimum Gasteiger partial charge on any atom is -0.269 e. The molecule has 4 nitrogen and oxygen atoms in total. The van der Waals surface area contributed by atoms with Crippen molar-refractivity contribution >= 4 is 44.4 Å². The second-order valence-corrected chi connectivity index (χ2v) is 21.4. The van der Waals surface area contributed by atoms with Crippen molar-refractivity contribution in [2.75, 3.05) is 0 Å². The second-order valence-electron chi connectivity index (χ2n) is 18.2. The van der Waals surface area contributed by atoms with E-state index in [0.717, 1.165) is 38.2 Å². The molecule has 2 aliphatic heterocycles. The predicted octanol–water partition coefficient (Wildman–Crippen LogP) is 13.4. The molecule has 4 heterocycles. The van der Waals surface area contributed by atoms with Crippen LogP contribution in [0.5, 0.6) is 0 Å². The zero-order valence-electron chi connectivity index (χ0n) is 35.0. The Balaban J connectivity index is 1.17. The SMILES string of the molecule is CC1(C)N=C(c2ccc(-c3ccc4c(c3)C(c3ccccc3)(c3ccccc3)c3cc(-c5ccc(C6=NC(C)(C)C(C)(C)S6)nc5)c5ccccc5c3-4)cn2)SC1(C)C. The van der Waals surface area contributed by atoms with Gasteiger partial charge in [-0.25, -0.2) is 0 Å². The Morgan fingerprint density at radius 1 is 0.424 bits per heavy atom. The van der Waals surface area contributed by atoms with E-state index in [0.29, 0.717) is 0 Å². The van der Waals surface area contributed by atoms with Gasteiger partial charge < -0.3 is 0 Å². The average Bonchev–Trinajstić information content (AvgIpc) is 3.75. The van der Waals surface area contributed by atoms with Gasteiger partial charge in [0.1, 0.15) is 10.1 Å². The summed E-state index contributed by atoms with van der Waals surface area (Å²) in [6.07, 6.45) is 4.07. The minimum atomic E-state index is -0.596. The van der Waals surface area contributed by atoms with Crippen LogP contribution in [0.3, 0.4) is 0 Å². The summed E-state index contributed by atoms with van der Waals surface area (Å²) in [6.45, 7) is 17.9. The van der Waals surface area contributed by atoms with Gasteiger partial charge in [-0.05, 0) is 135 Å².